The molecule has 34 heavy (non-hydrogen) atoms. The number of hydrogen-bond donors (Lipinski definition) is 1. The fourth-order valence-electron chi connectivity index (χ4n) is 3.92. The normalized spacial score (nSPS) is 13.4. The molecule has 188 valence electrons. The molecule has 0 aliphatic rings. The van der Waals surface area contributed by atoms with E-state index in [-0.39, 0.29) is 17.7 Å². The Bertz CT molecular complexity index is 1000. The molecule has 0 saturated carbocycles. The molecular weight excluding hydrogens is 515 g/mol. The van der Waals surface area contributed by atoms with Gasteiger partial charge in [-0.05, 0) is 12.1 Å². The van der Waals surface area contributed by atoms with E-state index in [0.29, 0.717) is 30.8 Å². The van der Waals surface area contributed by atoms with Gasteiger partial charge in [0.2, 0.25) is 0 Å². The van der Waals surface area contributed by atoms with Crippen LogP contribution in [0.15, 0.2) is 53.4 Å². The van der Waals surface area contributed by atoms with Crippen molar-refractivity contribution >= 4 is 30.5 Å². The molecule has 1 N–H and O–H groups in total. The van der Waals surface area contributed by atoms with Crippen molar-refractivity contribution < 1.29 is 27.8 Å². The maximum atomic E-state index is 13.7. The van der Waals surface area contributed by atoms with Crippen LogP contribution in [0.5, 0.6) is 11.5 Å². The van der Waals surface area contributed by atoms with E-state index in [9.17, 15) is 18.3 Å². The van der Waals surface area contributed by atoms with E-state index in [1.54, 1.807) is 24.3 Å². The first-order valence-corrected chi connectivity index (χ1v) is 17.3. The van der Waals surface area contributed by atoms with Crippen LogP contribution in [0.3, 0.4) is 0 Å². The van der Waals surface area contributed by atoms with Crippen molar-refractivity contribution in [3.8, 4) is 11.5 Å². The van der Waals surface area contributed by atoms with Crippen LogP contribution in [0.4, 0.5) is 0 Å². The van der Waals surface area contributed by atoms with E-state index in [4.69, 9.17) is 9.47 Å². The molecule has 0 heterocycles. The summed E-state index contributed by atoms with van der Waals surface area (Å²) in [6.07, 6.45) is 1.10. The summed E-state index contributed by atoms with van der Waals surface area (Å²) in [6, 6.07) is 13.1. The summed E-state index contributed by atoms with van der Waals surface area (Å²) in [5, 5.41) is 13.9. The number of rotatable bonds is 15. The molecule has 0 bridgehead atoms. The first-order valence-electron chi connectivity index (χ1n) is 11.8. The maximum absolute atomic E-state index is 13.7. The predicted octanol–water partition coefficient (Wildman–Crippen LogP) is 5.64. The molecule has 0 amide bonds. The Morgan fingerprint density at radius 1 is 0.971 bits per heavy atom. The molecule has 1 unspecified atom stereocenters. The number of sulfone groups is 1. The van der Waals surface area contributed by atoms with Crippen LogP contribution in [0.25, 0.3) is 0 Å². The Kier molecular flexibility index (Phi) is 11.0. The van der Waals surface area contributed by atoms with Gasteiger partial charge in [-0.2, -0.15) is 0 Å². The summed E-state index contributed by atoms with van der Waals surface area (Å²) in [7, 11) is -2.68. The Labute approximate surface area is 208 Å². The molecule has 0 fully saturated rings. The van der Waals surface area contributed by atoms with Gasteiger partial charge >= 0.3 is 173 Å². The van der Waals surface area contributed by atoms with Gasteiger partial charge < -0.3 is 4.74 Å². The summed E-state index contributed by atoms with van der Waals surface area (Å²) >= 11 is -0.782. The van der Waals surface area contributed by atoms with E-state index in [2.05, 4.69) is 13.8 Å². The number of hydrogen-bond acceptors (Lipinski definition) is 5. The summed E-state index contributed by atoms with van der Waals surface area (Å²) in [4.78, 5) is 12.6. The number of carboxylic acid groups (broad SMARTS) is 1. The standard InChI is InChI=1S/C26H37AsO6S/c1-5-8-17-26(25(28)29,34(30,31)24-15-13-22(32-4)14-16-24)20-21-9-11-23(12-10-21)33-19-18-27(6-2)7-3/h9-16H,5-8,17-20H2,1-4H3,(H,28,29). The van der Waals surface area contributed by atoms with Gasteiger partial charge in [0.1, 0.15) is 5.75 Å². The van der Waals surface area contributed by atoms with Gasteiger partial charge in [0.15, 0.2) is 0 Å². The monoisotopic (exact) mass is 552 g/mol. The fraction of sp³-hybridized carbons (Fsp3) is 0.500. The van der Waals surface area contributed by atoms with Gasteiger partial charge in [-0.3, -0.25) is 0 Å². The molecule has 0 aliphatic heterocycles. The minimum absolute atomic E-state index is 0.0162. The third kappa shape index (κ3) is 6.79. The summed E-state index contributed by atoms with van der Waals surface area (Å²) in [5.74, 6) is -0.0964. The van der Waals surface area contributed by atoms with Crippen LogP contribution >= 0.6 is 0 Å². The van der Waals surface area contributed by atoms with Crippen molar-refractivity contribution in [3.63, 3.8) is 0 Å². The second kappa shape index (κ2) is 13.2. The minimum atomic E-state index is -4.18. The van der Waals surface area contributed by atoms with Crippen molar-refractivity contribution in [1.29, 1.82) is 0 Å². The molecule has 2 aromatic carbocycles. The van der Waals surface area contributed by atoms with Crippen LogP contribution in [-0.4, -0.2) is 52.6 Å². The number of methoxy groups -OCH3 is 1. The van der Waals surface area contributed by atoms with Crippen LogP contribution in [0.2, 0.25) is 15.6 Å². The zero-order chi connectivity index (χ0) is 25.2. The van der Waals surface area contributed by atoms with Crippen molar-refractivity contribution in [2.45, 2.75) is 71.7 Å². The minimum Gasteiger partial charge on any atom is -0.497 e. The van der Waals surface area contributed by atoms with Gasteiger partial charge in [-0.25, -0.2) is 0 Å². The van der Waals surface area contributed by atoms with Crippen molar-refractivity contribution in [3.05, 3.63) is 54.1 Å². The number of benzene rings is 2. The molecule has 6 nitrogen and oxygen atoms in total. The summed E-state index contributed by atoms with van der Waals surface area (Å²) in [5.41, 5.74) is 0.651. The van der Waals surface area contributed by atoms with Crippen molar-refractivity contribution in [2.75, 3.05) is 13.7 Å². The van der Waals surface area contributed by atoms with Gasteiger partial charge in [0.25, 0.3) is 0 Å². The Hall–Kier alpha value is -1.98. The molecule has 0 spiro atoms. The Balaban J connectivity index is 2.31. The molecule has 1 atom stereocenters. The van der Waals surface area contributed by atoms with Gasteiger partial charge in [-0.15, -0.1) is 0 Å². The smallest absolute Gasteiger partial charge is 0.497 e. The average molecular weight is 553 g/mol. The van der Waals surface area contributed by atoms with E-state index in [0.717, 1.165) is 11.0 Å². The Morgan fingerprint density at radius 3 is 2.06 bits per heavy atom. The SMILES string of the molecule is CCCCC(Cc1ccc(OCC[As](CC)CC)cc1)(C(=O)O)S(=O)(=O)c1ccc(OC)cc1. The van der Waals surface area contributed by atoms with Crippen LogP contribution < -0.4 is 9.47 Å². The van der Waals surface area contributed by atoms with E-state index in [1.807, 2.05) is 6.92 Å². The average Bonchev–Trinajstić information content (AvgIpc) is 2.85. The first-order chi connectivity index (χ1) is 16.2. The molecule has 8 heteroatoms. The molecule has 0 saturated heterocycles. The number of carboxylic acids is 1. The van der Waals surface area contributed by atoms with E-state index < -0.39 is 35.2 Å². The number of carbonyl (C=O) groups is 1. The van der Waals surface area contributed by atoms with Gasteiger partial charge in [-0.1, -0.05) is 6.92 Å². The third-order valence-electron chi connectivity index (χ3n) is 6.19. The number of unbranched alkanes of at least 4 members (excludes halogenated alkanes) is 1. The van der Waals surface area contributed by atoms with Crippen molar-refractivity contribution in [1.82, 2.24) is 0 Å². The molecule has 0 aromatic heterocycles. The predicted molar refractivity (Wildman–Crippen MR) is 137 cm³/mol. The fourth-order valence-corrected chi connectivity index (χ4v) is 8.87. The van der Waals surface area contributed by atoms with E-state index in [1.165, 1.54) is 41.8 Å². The second-order valence-electron chi connectivity index (χ2n) is 8.28. The topological polar surface area (TPSA) is 89.9 Å². The summed E-state index contributed by atoms with van der Waals surface area (Å²) < 4.78 is 36.4. The van der Waals surface area contributed by atoms with Gasteiger partial charge in [0.05, 0.1) is 7.11 Å². The quantitative estimate of drug-likeness (QED) is 0.288. The molecule has 2 rings (SSSR count). The van der Waals surface area contributed by atoms with Gasteiger partial charge in [0, 0.05) is 0 Å². The Morgan fingerprint density at radius 2 is 1.56 bits per heavy atom. The number of aliphatic carboxylic acids is 1. The van der Waals surface area contributed by atoms with Crippen LogP contribution in [0, 0.1) is 0 Å². The molecular formula is C26H37AsO6S. The number of ether oxygens (including phenoxy) is 2. The molecule has 2 aromatic rings. The zero-order valence-corrected chi connectivity index (χ0v) is 23.3. The summed E-state index contributed by atoms with van der Waals surface area (Å²) in [6.45, 7) is 7.09. The van der Waals surface area contributed by atoms with Crippen LogP contribution in [-0.2, 0) is 21.1 Å². The third-order valence-corrected chi connectivity index (χ3v) is 14.1. The zero-order valence-electron chi connectivity index (χ0n) is 20.6. The van der Waals surface area contributed by atoms with Crippen molar-refractivity contribution in [2.24, 2.45) is 0 Å². The first kappa shape index (κ1) is 28.3. The second-order valence-corrected chi connectivity index (χ2v) is 16.9. The van der Waals surface area contributed by atoms with Crippen LogP contribution in [0.1, 0.15) is 45.6 Å². The van der Waals surface area contributed by atoms with E-state index >= 15 is 0 Å². The molecule has 0 radical (unpaired) electrons. The molecule has 0 aliphatic carbocycles.